The van der Waals surface area contributed by atoms with Crippen LogP contribution < -0.4 is 21.8 Å². The molecule has 0 aromatic heterocycles. The molecule has 2 rings (SSSR count). The van der Waals surface area contributed by atoms with Crippen LogP contribution in [0.3, 0.4) is 0 Å². The molecule has 9 nitrogen and oxygen atoms in total. The van der Waals surface area contributed by atoms with Gasteiger partial charge in [0.05, 0.1) is 0 Å². The van der Waals surface area contributed by atoms with Crippen molar-refractivity contribution in [2.24, 2.45) is 17.6 Å². The van der Waals surface area contributed by atoms with Crippen LogP contribution in [-0.4, -0.2) is 35.0 Å². The molecule has 1 aliphatic heterocycles. The van der Waals surface area contributed by atoms with Crippen LogP contribution in [-0.2, 0) is 9.59 Å². The molecule has 28 heavy (non-hydrogen) atoms. The van der Waals surface area contributed by atoms with Gasteiger partial charge in [-0.25, -0.2) is 10.3 Å². The molecule has 1 aromatic carbocycles. The van der Waals surface area contributed by atoms with E-state index < -0.39 is 29.8 Å². The Hall–Kier alpha value is -2.94. The van der Waals surface area contributed by atoms with Crippen molar-refractivity contribution in [3.05, 3.63) is 35.4 Å². The number of carbonyl (C=O) groups is 4. The summed E-state index contributed by atoms with van der Waals surface area (Å²) in [7, 11) is 0. The molecule has 9 heteroatoms. The van der Waals surface area contributed by atoms with E-state index in [0.717, 1.165) is 5.56 Å². The predicted molar refractivity (Wildman–Crippen MR) is 100 cm³/mol. The van der Waals surface area contributed by atoms with Gasteiger partial charge < -0.3 is 11.1 Å². The quantitative estimate of drug-likeness (QED) is 0.242. The lowest BCUT2D eigenvalue weighted by Crippen LogP contribution is -2.36. The maximum absolute atomic E-state index is 12.3. The Kier molecular flexibility index (Phi) is 7.11. The van der Waals surface area contributed by atoms with Gasteiger partial charge in [0.1, 0.15) is 6.04 Å². The van der Waals surface area contributed by atoms with Gasteiger partial charge in [0.2, 0.25) is 11.8 Å². The summed E-state index contributed by atoms with van der Waals surface area (Å²) in [6.45, 7) is 3.77. The number of nitrogens with two attached hydrogens (primary N) is 1. The number of amides is 5. The van der Waals surface area contributed by atoms with Crippen LogP contribution in [0, 0.1) is 11.8 Å². The number of rotatable bonds is 9. The Balaban J connectivity index is 2.19. The minimum atomic E-state index is -0.588. The largest absolute Gasteiger partial charge is 0.366 e. The number of nitrogens with one attached hydrogen (secondary N) is 3. The first-order chi connectivity index (χ1) is 13.2. The summed E-state index contributed by atoms with van der Waals surface area (Å²) >= 11 is 0. The molecule has 0 bridgehead atoms. The minimum Gasteiger partial charge on any atom is -0.366 e. The van der Waals surface area contributed by atoms with Crippen LogP contribution in [0.5, 0.6) is 0 Å². The van der Waals surface area contributed by atoms with Crippen molar-refractivity contribution < 1.29 is 24.4 Å². The lowest BCUT2D eigenvalue weighted by Gasteiger charge is -2.29. The molecule has 152 valence electrons. The molecule has 1 aliphatic rings. The van der Waals surface area contributed by atoms with Crippen LogP contribution in [0.1, 0.15) is 54.9 Å². The van der Waals surface area contributed by atoms with Gasteiger partial charge in [0, 0.05) is 11.5 Å². The smallest absolute Gasteiger partial charge is 0.322 e. The second kappa shape index (κ2) is 9.32. The van der Waals surface area contributed by atoms with Gasteiger partial charge in [-0.3, -0.25) is 24.9 Å². The van der Waals surface area contributed by atoms with Crippen molar-refractivity contribution in [3.63, 3.8) is 0 Å². The molecule has 6 N–H and O–H groups in total. The second-order valence-electron chi connectivity index (χ2n) is 7.28. The molecular weight excluding hydrogens is 364 g/mol. The number of benzene rings is 1. The number of hydrogen-bond acceptors (Lipinski definition) is 5. The lowest BCUT2D eigenvalue weighted by atomic mass is 9.76. The molecule has 1 saturated heterocycles. The first kappa shape index (κ1) is 21.4. The topological polar surface area (TPSA) is 151 Å². The summed E-state index contributed by atoms with van der Waals surface area (Å²) in [5, 5.41) is 13.9. The highest BCUT2D eigenvalue weighted by Crippen LogP contribution is 2.35. The average molecular weight is 390 g/mol. The van der Waals surface area contributed by atoms with E-state index in [1.54, 1.807) is 29.7 Å². The number of hydrogen-bond donors (Lipinski definition) is 5. The summed E-state index contributed by atoms with van der Waals surface area (Å²) in [4.78, 5) is 46.5. The van der Waals surface area contributed by atoms with Crippen LogP contribution >= 0.6 is 0 Å². The normalized spacial score (nSPS) is 18.4. The fraction of sp³-hybridized carbons (Fsp3) is 0.474. The fourth-order valence-corrected chi connectivity index (χ4v) is 3.68. The van der Waals surface area contributed by atoms with E-state index in [1.165, 1.54) is 0 Å². The number of hydroxylamine groups is 1. The van der Waals surface area contributed by atoms with Crippen molar-refractivity contribution in [1.29, 1.82) is 0 Å². The Morgan fingerprint density at radius 1 is 1.21 bits per heavy atom. The van der Waals surface area contributed by atoms with Gasteiger partial charge in [-0.05, 0) is 42.4 Å². The van der Waals surface area contributed by atoms with E-state index in [-0.39, 0.29) is 17.7 Å². The number of urea groups is 1. The van der Waals surface area contributed by atoms with Gasteiger partial charge >= 0.3 is 6.03 Å². The summed E-state index contributed by atoms with van der Waals surface area (Å²) in [6.07, 6.45) is 1.55. The van der Waals surface area contributed by atoms with Crippen LogP contribution in [0.25, 0.3) is 0 Å². The first-order valence-electron chi connectivity index (χ1n) is 9.19. The molecule has 1 aromatic rings. The van der Waals surface area contributed by atoms with E-state index in [2.05, 4.69) is 10.6 Å². The van der Waals surface area contributed by atoms with Crippen molar-refractivity contribution in [1.82, 2.24) is 16.1 Å². The summed E-state index contributed by atoms with van der Waals surface area (Å²) < 4.78 is 0. The zero-order valence-electron chi connectivity index (χ0n) is 15.9. The van der Waals surface area contributed by atoms with Crippen molar-refractivity contribution in [3.8, 4) is 0 Å². The molecule has 0 radical (unpaired) electrons. The molecule has 0 saturated carbocycles. The third-order valence-corrected chi connectivity index (χ3v) is 5.05. The Morgan fingerprint density at radius 2 is 1.86 bits per heavy atom. The van der Waals surface area contributed by atoms with Crippen molar-refractivity contribution in [2.75, 3.05) is 0 Å². The van der Waals surface area contributed by atoms with Gasteiger partial charge in [-0.15, -0.1) is 0 Å². The van der Waals surface area contributed by atoms with Crippen LogP contribution in [0.4, 0.5) is 4.79 Å². The van der Waals surface area contributed by atoms with Gasteiger partial charge in [0.25, 0.3) is 5.91 Å². The van der Waals surface area contributed by atoms with Crippen LogP contribution in [0.2, 0.25) is 0 Å². The van der Waals surface area contributed by atoms with E-state index in [9.17, 15) is 19.2 Å². The SMILES string of the molecule is CC(C)C(C(=O)NO)C(CCCC1NC(=O)NC1=O)c1ccc(C(N)=O)cc1. The zero-order chi connectivity index (χ0) is 20.8. The highest BCUT2D eigenvalue weighted by Gasteiger charge is 2.33. The Labute approximate surface area is 163 Å². The second-order valence-corrected chi connectivity index (χ2v) is 7.28. The van der Waals surface area contributed by atoms with E-state index in [4.69, 9.17) is 10.9 Å². The Bertz CT molecular complexity index is 747. The zero-order valence-corrected chi connectivity index (χ0v) is 15.9. The highest BCUT2D eigenvalue weighted by molar-refractivity contribution is 6.04. The molecule has 1 fully saturated rings. The molecule has 3 atom stereocenters. The molecule has 5 amide bonds. The predicted octanol–water partition coefficient (Wildman–Crippen LogP) is 1.03. The highest BCUT2D eigenvalue weighted by atomic mass is 16.5. The maximum atomic E-state index is 12.3. The van der Waals surface area contributed by atoms with Gasteiger partial charge in [-0.1, -0.05) is 32.4 Å². The Morgan fingerprint density at radius 3 is 2.32 bits per heavy atom. The van der Waals surface area contributed by atoms with Gasteiger partial charge in [0.15, 0.2) is 0 Å². The number of carbonyl (C=O) groups excluding carboxylic acids is 4. The first-order valence-corrected chi connectivity index (χ1v) is 9.19. The number of imide groups is 1. The van der Waals surface area contributed by atoms with Gasteiger partial charge in [-0.2, -0.15) is 0 Å². The molecule has 0 aliphatic carbocycles. The monoisotopic (exact) mass is 390 g/mol. The standard InChI is InChI=1S/C19H26N4O5/c1-10(2)15(18(26)23-28)13(11-6-8-12(9-7-11)16(20)24)4-3-5-14-17(25)22-19(27)21-14/h6-10,13-15,28H,3-5H2,1-2H3,(H2,20,24)(H,23,26)(H2,21,22,25,27). The molecule has 3 unspecified atom stereocenters. The molecule has 1 heterocycles. The number of primary amides is 1. The van der Waals surface area contributed by atoms with E-state index in [1.807, 2.05) is 13.8 Å². The minimum absolute atomic E-state index is 0.0672. The lowest BCUT2D eigenvalue weighted by molar-refractivity contribution is -0.135. The molecule has 0 spiro atoms. The molecular formula is C19H26N4O5. The van der Waals surface area contributed by atoms with Crippen molar-refractivity contribution >= 4 is 23.8 Å². The average Bonchev–Trinajstić information content (AvgIpc) is 2.97. The third-order valence-electron chi connectivity index (χ3n) is 5.05. The summed E-state index contributed by atoms with van der Waals surface area (Å²) in [5.74, 6) is -2.24. The summed E-state index contributed by atoms with van der Waals surface area (Å²) in [6, 6.07) is 5.60. The van der Waals surface area contributed by atoms with Crippen molar-refractivity contribution in [2.45, 2.75) is 45.1 Å². The van der Waals surface area contributed by atoms with Crippen LogP contribution in [0.15, 0.2) is 24.3 Å². The van der Waals surface area contributed by atoms with E-state index >= 15 is 0 Å². The summed E-state index contributed by atoms with van der Waals surface area (Å²) in [5.41, 5.74) is 8.21. The fourth-order valence-electron chi connectivity index (χ4n) is 3.68. The van der Waals surface area contributed by atoms with E-state index in [0.29, 0.717) is 24.8 Å². The third kappa shape index (κ3) is 5.07. The maximum Gasteiger partial charge on any atom is 0.322 e.